The lowest BCUT2D eigenvalue weighted by atomic mass is 10.1. The Bertz CT molecular complexity index is 1230. The smallest absolute Gasteiger partial charge is 0.277 e. The van der Waals surface area contributed by atoms with E-state index < -0.39 is 64.3 Å². The molecule has 9 nitrogen and oxygen atoms in total. The van der Waals surface area contributed by atoms with Crippen molar-refractivity contribution in [1.29, 1.82) is 0 Å². The zero-order valence-electron chi connectivity index (χ0n) is 17.3. The third-order valence-corrected chi connectivity index (χ3v) is 6.31. The van der Waals surface area contributed by atoms with Crippen LogP contribution >= 0.6 is 0 Å². The van der Waals surface area contributed by atoms with Crippen LogP contribution in [0.15, 0.2) is 23.1 Å². The van der Waals surface area contributed by atoms with Gasteiger partial charge in [0.25, 0.3) is 11.8 Å². The van der Waals surface area contributed by atoms with E-state index in [2.05, 4.69) is 5.32 Å². The fourth-order valence-electron chi connectivity index (χ4n) is 4.71. The minimum atomic E-state index is -1.20. The molecule has 1 aromatic heterocycles. The summed E-state index contributed by atoms with van der Waals surface area (Å²) in [4.78, 5) is 39.7. The van der Waals surface area contributed by atoms with Gasteiger partial charge < -0.3 is 20.1 Å². The van der Waals surface area contributed by atoms with Gasteiger partial charge >= 0.3 is 0 Å². The van der Waals surface area contributed by atoms with E-state index in [1.165, 1.54) is 9.58 Å². The van der Waals surface area contributed by atoms with E-state index in [1.54, 1.807) is 12.1 Å². The highest BCUT2D eigenvalue weighted by Gasteiger charge is 2.49. The zero-order valence-corrected chi connectivity index (χ0v) is 17.3. The number of nitrogens with zero attached hydrogens (tertiary/aromatic N) is 3. The Balaban J connectivity index is 1.51. The van der Waals surface area contributed by atoms with E-state index in [0.29, 0.717) is 18.7 Å². The summed E-state index contributed by atoms with van der Waals surface area (Å²) in [7, 11) is 1.54. The van der Waals surface area contributed by atoms with Crippen molar-refractivity contribution in [1.82, 2.24) is 14.9 Å². The Morgan fingerprint density at radius 3 is 2.61 bits per heavy atom. The minimum Gasteiger partial charge on any atom is -0.502 e. The third kappa shape index (κ3) is 3.24. The molecule has 3 aliphatic rings. The number of carbonyl (C=O) groups is 2. The normalized spacial score (nSPS) is 23.4. The van der Waals surface area contributed by atoms with Crippen molar-refractivity contribution in [3.05, 3.63) is 62.8 Å². The Labute approximate surface area is 184 Å². The van der Waals surface area contributed by atoms with Crippen molar-refractivity contribution in [2.24, 2.45) is 0 Å². The van der Waals surface area contributed by atoms with E-state index in [0.717, 1.165) is 19.0 Å². The summed E-state index contributed by atoms with van der Waals surface area (Å²) in [6.07, 6.45) is 1.77. The number of amides is 2. The first kappa shape index (κ1) is 21.3. The molecular weight excluding hydrogens is 445 g/mol. The predicted octanol–water partition coefficient (Wildman–Crippen LogP) is 0.812. The molecule has 4 heterocycles. The van der Waals surface area contributed by atoms with Gasteiger partial charge in [-0.15, -0.1) is 0 Å². The lowest BCUT2D eigenvalue weighted by Crippen LogP contribution is -2.67. The van der Waals surface area contributed by atoms with Crippen LogP contribution in [0.3, 0.4) is 0 Å². The summed E-state index contributed by atoms with van der Waals surface area (Å²) < 4.78 is 48.0. The van der Waals surface area contributed by atoms with Gasteiger partial charge in [-0.1, -0.05) is 0 Å². The largest absolute Gasteiger partial charge is 0.502 e. The molecule has 3 atom stereocenters. The van der Waals surface area contributed by atoms with Gasteiger partial charge in [-0.3, -0.25) is 24.1 Å². The van der Waals surface area contributed by atoms with Gasteiger partial charge in [0.15, 0.2) is 11.4 Å². The van der Waals surface area contributed by atoms with E-state index in [1.807, 2.05) is 0 Å². The lowest BCUT2D eigenvalue weighted by Gasteiger charge is -2.50. The summed E-state index contributed by atoms with van der Waals surface area (Å²) in [5.74, 6) is -6.04. The number of nitrogens with one attached hydrogen (secondary N) is 1. The standard InChI is InChI=1S/C21H19F3N4O5/c1-26-20-15-3-2-10(33-15)7-28(20)27-8-12(17(29)18(30)16(27)21(26)32)19(31)25-6-11-13(23)4-9(22)5-14(11)24/h4-5,8,10,15,20,30H,2-3,6-7H2,1H3,(H,25,31)/t10-,15+,20-/m0/s1. The topological polar surface area (TPSA) is 104 Å². The highest BCUT2D eigenvalue weighted by atomic mass is 19.1. The van der Waals surface area contributed by atoms with Crippen LogP contribution in [0, 0.1) is 17.5 Å². The number of hydrogen-bond donors (Lipinski definition) is 2. The average Bonchev–Trinajstić information content (AvgIpc) is 3.13. The molecule has 2 aromatic rings. The Morgan fingerprint density at radius 2 is 1.91 bits per heavy atom. The first-order chi connectivity index (χ1) is 15.7. The maximum Gasteiger partial charge on any atom is 0.277 e. The van der Waals surface area contributed by atoms with Crippen molar-refractivity contribution in [3.63, 3.8) is 0 Å². The van der Waals surface area contributed by atoms with Gasteiger partial charge in [-0.2, -0.15) is 0 Å². The summed E-state index contributed by atoms with van der Waals surface area (Å²) in [5.41, 5.74) is -2.50. The number of pyridine rings is 1. The fourth-order valence-corrected chi connectivity index (χ4v) is 4.71. The average molecular weight is 464 g/mol. The Kier molecular flexibility index (Phi) is 4.85. The summed E-state index contributed by atoms with van der Waals surface area (Å²) in [6, 6.07) is 0.943. The van der Waals surface area contributed by atoms with E-state index in [4.69, 9.17) is 4.74 Å². The number of benzene rings is 1. The molecule has 0 unspecified atom stereocenters. The molecule has 33 heavy (non-hydrogen) atoms. The van der Waals surface area contributed by atoms with Crippen molar-refractivity contribution in [2.45, 2.75) is 37.8 Å². The number of aromatic nitrogens is 1. The van der Waals surface area contributed by atoms with Gasteiger partial charge in [0.05, 0.1) is 18.8 Å². The number of aromatic hydroxyl groups is 1. The first-order valence-electron chi connectivity index (χ1n) is 10.3. The van der Waals surface area contributed by atoms with Crippen LogP contribution in [0.4, 0.5) is 13.2 Å². The number of ether oxygens (including phenoxy) is 1. The van der Waals surface area contributed by atoms with E-state index >= 15 is 0 Å². The van der Waals surface area contributed by atoms with Crippen molar-refractivity contribution in [3.8, 4) is 5.75 Å². The number of carbonyl (C=O) groups excluding carboxylic acids is 2. The molecule has 0 aliphatic carbocycles. The molecular formula is C21H19F3N4O5. The third-order valence-electron chi connectivity index (χ3n) is 6.31. The molecule has 174 valence electrons. The Morgan fingerprint density at radius 1 is 1.21 bits per heavy atom. The molecule has 12 heteroatoms. The van der Waals surface area contributed by atoms with Crippen LogP contribution in [-0.4, -0.2) is 58.5 Å². The van der Waals surface area contributed by atoms with Gasteiger partial charge in [0.1, 0.15) is 29.2 Å². The SMILES string of the molecule is CN1C(=O)c2c(O)c(=O)c(C(=O)NCc3c(F)cc(F)cc3F)cn2N2C[C@@H]3CC[C@@H](O3)[C@@H]12. The number of rotatable bonds is 3. The molecule has 2 fully saturated rings. The molecule has 2 bridgehead atoms. The number of hydrogen-bond acceptors (Lipinski definition) is 6. The van der Waals surface area contributed by atoms with Crippen molar-refractivity contribution < 1.29 is 32.6 Å². The number of fused-ring (bicyclic) bond motifs is 6. The quantitative estimate of drug-likeness (QED) is 0.697. The predicted molar refractivity (Wildman–Crippen MR) is 107 cm³/mol. The molecule has 2 amide bonds. The molecule has 2 N–H and O–H groups in total. The molecule has 0 radical (unpaired) electrons. The van der Waals surface area contributed by atoms with Gasteiger partial charge in [-0.25, -0.2) is 13.2 Å². The molecule has 0 saturated carbocycles. The maximum atomic E-state index is 13.9. The van der Waals surface area contributed by atoms with Crippen molar-refractivity contribution in [2.75, 3.05) is 18.6 Å². The summed E-state index contributed by atoms with van der Waals surface area (Å²) in [6.45, 7) is -0.300. The molecule has 5 rings (SSSR count). The first-order valence-corrected chi connectivity index (χ1v) is 10.3. The van der Waals surface area contributed by atoms with E-state index in [-0.39, 0.29) is 17.9 Å². The number of morpholine rings is 1. The van der Waals surface area contributed by atoms with Gasteiger partial charge in [0, 0.05) is 37.5 Å². The highest BCUT2D eigenvalue weighted by molar-refractivity contribution is 5.99. The van der Waals surface area contributed by atoms with Crippen molar-refractivity contribution >= 4 is 11.8 Å². The van der Waals surface area contributed by atoms with E-state index in [9.17, 15) is 32.7 Å². The second-order valence-electron chi connectivity index (χ2n) is 8.27. The molecule has 0 spiro atoms. The fraction of sp³-hybridized carbons (Fsp3) is 0.381. The zero-order chi connectivity index (χ0) is 23.6. The number of likely N-dealkylation sites (N-methyl/N-ethyl adjacent to an activating group) is 1. The maximum absolute atomic E-state index is 13.9. The van der Waals surface area contributed by atoms with Crippen LogP contribution in [0.1, 0.15) is 39.3 Å². The Hall–Kier alpha value is -3.54. The lowest BCUT2D eigenvalue weighted by molar-refractivity contribution is -0.0479. The monoisotopic (exact) mass is 464 g/mol. The van der Waals surface area contributed by atoms with Crippen LogP contribution in [0.25, 0.3) is 0 Å². The molecule has 1 aromatic carbocycles. The summed E-state index contributed by atoms with van der Waals surface area (Å²) in [5, 5.41) is 14.5. The van der Waals surface area contributed by atoms with Crippen LogP contribution in [0.2, 0.25) is 0 Å². The molecule has 3 aliphatic heterocycles. The van der Waals surface area contributed by atoms with Crippen LogP contribution in [-0.2, 0) is 11.3 Å². The van der Waals surface area contributed by atoms with Gasteiger partial charge in [0.2, 0.25) is 5.43 Å². The van der Waals surface area contributed by atoms with Crippen LogP contribution < -0.4 is 15.8 Å². The van der Waals surface area contributed by atoms with Crippen LogP contribution in [0.5, 0.6) is 5.75 Å². The van der Waals surface area contributed by atoms with Gasteiger partial charge in [-0.05, 0) is 12.8 Å². The minimum absolute atomic E-state index is 0.107. The second-order valence-corrected chi connectivity index (χ2v) is 8.27. The number of halogens is 3. The highest BCUT2D eigenvalue weighted by Crippen LogP contribution is 2.35. The summed E-state index contributed by atoms with van der Waals surface area (Å²) >= 11 is 0. The molecule has 2 saturated heterocycles. The second kappa shape index (κ2) is 7.51.